The highest BCUT2D eigenvalue weighted by molar-refractivity contribution is 5.95. The lowest BCUT2D eigenvalue weighted by Gasteiger charge is -2.11. The first-order valence-corrected chi connectivity index (χ1v) is 8.01. The zero-order valence-electron chi connectivity index (χ0n) is 14.4. The van der Waals surface area contributed by atoms with Gasteiger partial charge in [-0.3, -0.25) is 4.79 Å². The third-order valence-electron chi connectivity index (χ3n) is 4.19. The number of rotatable bonds is 6. The van der Waals surface area contributed by atoms with Crippen LogP contribution in [0.5, 0.6) is 5.75 Å². The quantitative estimate of drug-likeness (QED) is 0.819. The predicted octanol–water partition coefficient (Wildman–Crippen LogP) is 3.98. The van der Waals surface area contributed by atoms with Gasteiger partial charge in [0.25, 0.3) is 5.91 Å². The number of aryl methyl sites for hydroxylation is 4. The van der Waals surface area contributed by atoms with Crippen LogP contribution in [-0.2, 0) is 6.42 Å². The van der Waals surface area contributed by atoms with Gasteiger partial charge in [0.1, 0.15) is 5.75 Å². The lowest BCUT2D eigenvalue weighted by molar-refractivity contribution is 0.0952. The van der Waals surface area contributed by atoms with E-state index in [0.717, 1.165) is 35.3 Å². The Labute approximate surface area is 138 Å². The van der Waals surface area contributed by atoms with Gasteiger partial charge in [0, 0.05) is 12.1 Å². The molecule has 23 heavy (non-hydrogen) atoms. The van der Waals surface area contributed by atoms with Crippen molar-refractivity contribution in [1.82, 2.24) is 5.32 Å². The van der Waals surface area contributed by atoms with Crippen LogP contribution in [0.3, 0.4) is 0 Å². The Morgan fingerprint density at radius 1 is 1.04 bits per heavy atom. The normalized spacial score (nSPS) is 10.4. The van der Waals surface area contributed by atoms with Gasteiger partial charge in [0.15, 0.2) is 0 Å². The standard InChI is InChI=1S/C20H25NO2/c1-14-12-16(3)18(13-15(14)2)20(22)21-11-7-9-17-8-5-6-10-19(17)23-4/h5-6,8,10,12-13H,7,9,11H2,1-4H3,(H,21,22). The van der Waals surface area contributed by atoms with Crippen LogP contribution < -0.4 is 10.1 Å². The summed E-state index contributed by atoms with van der Waals surface area (Å²) in [5, 5.41) is 3.01. The van der Waals surface area contributed by atoms with E-state index in [9.17, 15) is 4.79 Å². The molecule has 2 rings (SSSR count). The van der Waals surface area contributed by atoms with Crippen LogP contribution in [0.1, 0.15) is 39.0 Å². The maximum absolute atomic E-state index is 12.3. The highest BCUT2D eigenvalue weighted by Gasteiger charge is 2.10. The van der Waals surface area contributed by atoms with Crippen molar-refractivity contribution in [2.24, 2.45) is 0 Å². The number of benzene rings is 2. The zero-order chi connectivity index (χ0) is 16.8. The SMILES string of the molecule is COc1ccccc1CCCNC(=O)c1cc(C)c(C)cc1C. The van der Waals surface area contributed by atoms with Crippen molar-refractivity contribution < 1.29 is 9.53 Å². The molecular formula is C20H25NO2. The van der Waals surface area contributed by atoms with E-state index in [4.69, 9.17) is 4.74 Å². The third-order valence-corrected chi connectivity index (χ3v) is 4.19. The molecule has 0 atom stereocenters. The Balaban J connectivity index is 1.89. The maximum Gasteiger partial charge on any atom is 0.251 e. The van der Waals surface area contributed by atoms with Crippen LogP contribution in [-0.4, -0.2) is 19.6 Å². The molecule has 1 N–H and O–H groups in total. The fourth-order valence-corrected chi connectivity index (χ4v) is 2.69. The molecule has 0 heterocycles. The highest BCUT2D eigenvalue weighted by atomic mass is 16.5. The molecule has 0 radical (unpaired) electrons. The molecule has 0 saturated heterocycles. The lowest BCUT2D eigenvalue weighted by atomic mass is 10.0. The molecule has 0 aliphatic carbocycles. The monoisotopic (exact) mass is 311 g/mol. The van der Waals surface area contributed by atoms with Crippen LogP contribution in [0.25, 0.3) is 0 Å². The molecule has 0 aliphatic rings. The summed E-state index contributed by atoms with van der Waals surface area (Å²) in [5.74, 6) is 0.912. The lowest BCUT2D eigenvalue weighted by Crippen LogP contribution is -2.25. The minimum atomic E-state index is 0.00521. The highest BCUT2D eigenvalue weighted by Crippen LogP contribution is 2.19. The second-order valence-electron chi connectivity index (χ2n) is 5.92. The first-order valence-electron chi connectivity index (χ1n) is 8.01. The van der Waals surface area contributed by atoms with E-state index in [1.54, 1.807) is 7.11 Å². The van der Waals surface area contributed by atoms with Gasteiger partial charge in [0.2, 0.25) is 0 Å². The minimum absolute atomic E-state index is 0.00521. The van der Waals surface area contributed by atoms with E-state index in [2.05, 4.69) is 24.4 Å². The van der Waals surface area contributed by atoms with E-state index in [1.165, 1.54) is 11.1 Å². The van der Waals surface area contributed by atoms with Gasteiger partial charge in [-0.1, -0.05) is 24.3 Å². The van der Waals surface area contributed by atoms with E-state index < -0.39 is 0 Å². The number of nitrogens with one attached hydrogen (secondary N) is 1. The number of amides is 1. The molecule has 0 unspecified atom stereocenters. The largest absolute Gasteiger partial charge is 0.496 e. The van der Waals surface area contributed by atoms with Crippen molar-refractivity contribution >= 4 is 5.91 Å². The van der Waals surface area contributed by atoms with Gasteiger partial charge in [-0.05, 0) is 68.0 Å². The summed E-state index contributed by atoms with van der Waals surface area (Å²) in [6, 6.07) is 12.0. The number of carbonyl (C=O) groups is 1. The number of carbonyl (C=O) groups excluding carboxylic acids is 1. The second-order valence-corrected chi connectivity index (χ2v) is 5.92. The molecule has 122 valence electrons. The number of hydrogen-bond donors (Lipinski definition) is 1. The van der Waals surface area contributed by atoms with Gasteiger partial charge in [-0.2, -0.15) is 0 Å². The summed E-state index contributed by atoms with van der Waals surface area (Å²) >= 11 is 0. The Morgan fingerprint density at radius 2 is 1.74 bits per heavy atom. The zero-order valence-corrected chi connectivity index (χ0v) is 14.4. The van der Waals surface area contributed by atoms with Crippen LogP contribution in [0.15, 0.2) is 36.4 Å². The van der Waals surface area contributed by atoms with Gasteiger partial charge in [-0.15, -0.1) is 0 Å². The molecule has 0 saturated carbocycles. The van der Waals surface area contributed by atoms with Crippen molar-refractivity contribution in [2.75, 3.05) is 13.7 Å². The van der Waals surface area contributed by atoms with Crippen molar-refractivity contribution in [1.29, 1.82) is 0 Å². The van der Waals surface area contributed by atoms with Crippen LogP contribution >= 0.6 is 0 Å². The number of methoxy groups -OCH3 is 1. The van der Waals surface area contributed by atoms with Gasteiger partial charge in [-0.25, -0.2) is 0 Å². The van der Waals surface area contributed by atoms with E-state index in [1.807, 2.05) is 38.1 Å². The van der Waals surface area contributed by atoms with E-state index >= 15 is 0 Å². The summed E-state index contributed by atoms with van der Waals surface area (Å²) in [7, 11) is 1.68. The molecule has 2 aromatic rings. The molecule has 0 fully saturated rings. The second kappa shape index (κ2) is 7.82. The molecule has 0 bridgehead atoms. The first-order chi connectivity index (χ1) is 11.0. The minimum Gasteiger partial charge on any atom is -0.496 e. The number of hydrogen-bond acceptors (Lipinski definition) is 2. The summed E-state index contributed by atoms with van der Waals surface area (Å²) in [5.41, 5.74) is 5.33. The third kappa shape index (κ3) is 4.35. The Kier molecular flexibility index (Phi) is 5.80. The van der Waals surface area contributed by atoms with Gasteiger partial charge >= 0.3 is 0 Å². The molecule has 0 aliphatic heterocycles. The molecule has 3 heteroatoms. The topological polar surface area (TPSA) is 38.3 Å². The van der Waals surface area contributed by atoms with Crippen molar-refractivity contribution in [2.45, 2.75) is 33.6 Å². The first kappa shape index (κ1) is 17.1. The van der Waals surface area contributed by atoms with Crippen molar-refractivity contribution in [3.05, 3.63) is 64.2 Å². The average molecular weight is 311 g/mol. The molecular weight excluding hydrogens is 286 g/mol. The smallest absolute Gasteiger partial charge is 0.251 e. The summed E-state index contributed by atoms with van der Waals surface area (Å²) in [6.45, 7) is 6.74. The Bertz CT molecular complexity index is 692. The van der Waals surface area contributed by atoms with Gasteiger partial charge < -0.3 is 10.1 Å². The van der Waals surface area contributed by atoms with Crippen LogP contribution in [0.4, 0.5) is 0 Å². The molecule has 1 amide bonds. The van der Waals surface area contributed by atoms with Crippen LogP contribution in [0, 0.1) is 20.8 Å². The molecule has 3 nitrogen and oxygen atoms in total. The molecule has 0 aromatic heterocycles. The fraction of sp³-hybridized carbons (Fsp3) is 0.350. The number of ether oxygens (including phenoxy) is 1. The van der Waals surface area contributed by atoms with Crippen molar-refractivity contribution in [3.8, 4) is 5.75 Å². The average Bonchev–Trinajstić information content (AvgIpc) is 2.55. The Morgan fingerprint density at radius 3 is 2.48 bits per heavy atom. The van der Waals surface area contributed by atoms with E-state index in [0.29, 0.717) is 6.54 Å². The molecule has 0 spiro atoms. The summed E-state index contributed by atoms with van der Waals surface area (Å²) < 4.78 is 5.35. The van der Waals surface area contributed by atoms with Gasteiger partial charge in [0.05, 0.1) is 7.11 Å². The molecule has 2 aromatic carbocycles. The Hall–Kier alpha value is -2.29. The number of para-hydroxylation sites is 1. The van der Waals surface area contributed by atoms with Crippen molar-refractivity contribution in [3.63, 3.8) is 0 Å². The fourth-order valence-electron chi connectivity index (χ4n) is 2.69. The van der Waals surface area contributed by atoms with Crippen LogP contribution in [0.2, 0.25) is 0 Å². The summed E-state index contributed by atoms with van der Waals surface area (Å²) in [4.78, 5) is 12.3. The summed E-state index contributed by atoms with van der Waals surface area (Å²) in [6.07, 6.45) is 1.77. The van der Waals surface area contributed by atoms with E-state index in [-0.39, 0.29) is 5.91 Å². The maximum atomic E-state index is 12.3. The predicted molar refractivity (Wildman–Crippen MR) is 94.3 cm³/mol.